The Bertz CT molecular complexity index is 747. The van der Waals surface area contributed by atoms with Crippen LogP contribution in [0, 0.1) is 0 Å². The first-order chi connectivity index (χ1) is 11.6. The maximum Gasteiger partial charge on any atom is 0.254 e. The number of phenolic OH excluding ortho intramolecular Hbond substituents is 1. The fraction of sp³-hybridized carbons (Fsp3) is 0.333. The highest BCUT2D eigenvalue weighted by Crippen LogP contribution is 2.46. The molecule has 2 aliphatic heterocycles. The molecule has 2 aromatic rings. The number of likely N-dealkylation sites (tertiary alicyclic amines) is 1. The molecule has 2 saturated heterocycles. The van der Waals surface area contributed by atoms with Crippen molar-refractivity contribution in [2.75, 3.05) is 18.8 Å². The van der Waals surface area contributed by atoms with Gasteiger partial charge in [0, 0.05) is 37.0 Å². The van der Waals surface area contributed by atoms with Crippen molar-refractivity contribution in [3.05, 3.63) is 54.4 Å². The molecule has 1 atom stereocenters. The van der Waals surface area contributed by atoms with E-state index in [-0.39, 0.29) is 22.5 Å². The Morgan fingerprint density at radius 3 is 2.96 bits per heavy atom. The summed E-state index contributed by atoms with van der Waals surface area (Å²) in [6, 6.07) is 10.3. The molecule has 1 amide bonds. The molecule has 1 spiro atoms. The minimum Gasteiger partial charge on any atom is -0.508 e. The topological polar surface area (TPSA) is 62.7 Å². The minimum atomic E-state index is -0.0197. The lowest BCUT2D eigenvalue weighted by Gasteiger charge is -2.47. The summed E-state index contributed by atoms with van der Waals surface area (Å²) in [4.78, 5) is 18.4. The third kappa shape index (κ3) is 2.94. The number of phenols is 1. The van der Waals surface area contributed by atoms with E-state index in [1.807, 2.05) is 28.8 Å². The van der Waals surface area contributed by atoms with Gasteiger partial charge < -0.3 is 14.7 Å². The molecule has 2 fully saturated rings. The molecule has 1 aromatic carbocycles. The van der Waals surface area contributed by atoms with Crippen LogP contribution in [-0.4, -0.2) is 50.6 Å². The standard InChI is InChI=1S/C18H18N2O3S/c21-14-4-1-3-13(7-14)17(22)20-11-18(12-20)8-16(10-24-18)23-15-5-2-6-19-9-15/h1-7,9,16,21H,8,10-12H2/t16-/m0/s1. The molecule has 5 nitrogen and oxygen atoms in total. The average Bonchev–Trinajstić information content (AvgIpc) is 2.98. The molecule has 0 unspecified atom stereocenters. The van der Waals surface area contributed by atoms with E-state index < -0.39 is 0 Å². The molecule has 4 rings (SSSR count). The Kier molecular flexibility index (Phi) is 3.84. The molecule has 0 aliphatic carbocycles. The van der Waals surface area contributed by atoms with Crippen molar-refractivity contribution >= 4 is 17.7 Å². The second-order valence-corrected chi connectivity index (χ2v) is 7.83. The summed E-state index contributed by atoms with van der Waals surface area (Å²) in [7, 11) is 0. The van der Waals surface area contributed by atoms with E-state index in [2.05, 4.69) is 4.98 Å². The number of aromatic hydroxyl groups is 1. The van der Waals surface area contributed by atoms with Crippen LogP contribution in [0.2, 0.25) is 0 Å². The van der Waals surface area contributed by atoms with Gasteiger partial charge >= 0.3 is 0 Å². The van der Waals surface area contributed by atoms with Crippen LogP contribution in [0.15, 0.2) is 48.8 Å². The van der Waals surface area contributed by atoms with Gasteiger partial charge in [-0.25, -0.2) is 0 Å². The van der Waals surface area contributed by atoms with Gasteiger partial charge in [-0.3, -0.25) is 9.78 Å². The van der Waals surface area contributed by atoms with Crippen LogP contribution in [0.25, 0.3) is 0 Å². The maximum atomic E-state index is 12.5. The smallest absolute Gasteiger partial charge is 0.254 e. The Morgan fingerprint density at radius 2 is 2.21 bits per heavy atom. The van der Waals surface area contributed by atoms with Gasteiger partial charge in [0.05, 0.1) is 10.9 Å². The number of ether oxygens (including phenoxy) is 1. The highest BCUT2D eigenvalue weighted by molar-refractivity contribution is 8.01. The molecular weight excluding hydrogens is 324 g/mol. The van der Waals surface area contributed by atoms with Gasteiger partial charge in [0.25, 0.3) is 5.91 Å². The number of benzene rings is 1. The van der Waals surface area contributed by atoms with E-state index in [0.717, 1.165) is 31.0 Å². The second-order valence-electron chi connectivity index (χ2n) is 6.34. The number of thioether (sulfide) groups is 1. The lowest BCUT2D eigenvalue weighted by molar-refractivity contribution is 0.0517. The van der Waals surface area contributed by atoms with Crippen LogP contribution in [0.1, 0.15) is 16.8 Å². The summed E-state index contributed by atoms with van der Waals surface area (Å²) >= 11 is 1.89. The van der Waals surface area contributed by atoms with Gasteiger partial charge in [-0.2, -0.15) is 0 Å². The molecule has 0 saturated carbocycles. The molecule has 1 N–H and O–H groups in total. The summed E-state index contributed by atoms with van der Waals surface area (Å²) < 4.78 is 6.09. The highest BCUT2D eigenvalue weighted by Gasteiger charge is 2.51. The van der Waals surface area contributed by atoms with Gasteiger partial charge in [0.2, 0.25) is 0 Å². The predicted octanol–water partition coefficient (Wildman–Crippen LogP) is 2.57. The van der Waals surface area contributed by atoms with Crippen LogP contribution < -0.4 is 4.74 Å². The first-order valence-corrected chi connectivity index (χ1v) is 8.91. The molecule has 1 aromatic heterocycles. The molecule has 0 radical (unpaired) electrons. The first-order valence-electron chi connectivity index (χ1n) is 7.93. The van der Waals surface area contributed by atoms with E-state index in [4.69, 9.17) is 4.74 Å². The van der Waals surface area contributed by atoms with Gasteiger partial charge in [0.1, 0.15) is 17.6 Å². The lowest BCUT2D eigenvalue weighted by atomic mass is 9.92. The Labute approximate surface area is 144 Å². The van der Waals surface area contributed by atoms with E-state index in [0.29, 0.717) is 5.56 Å². The third-order valence-corrected chi connectivity index (χ3v) is 6.03. The van der Waals surface area contributed by atoms with Gasteiger partial charge in [-0.05, 0) is 30.3 Å². The summed E-state index contributed by atoms with van der Waals surface area (Å²) in [6.45, 7) is 1.47. The monoisotopic (exact) mass is 342 g/mol. The third-order valence-electron chi connectivity index (χ3n) is 4.45. The molecule has 0 bridgehead atoms. The number of hydrogen-bond donors (Lipinski definition) is 1. The number of amides is 1. The quantitative estimate of drug-likeness (QED) is 0.929. The van der Waals surface area contributed by atoms with Gasteiger partial charge in [-0.1, -0.05) is 6.07 Å². The normalized spacial score (nSPS) is 21.5. The summed E-state index contributed by atoms with van der Waals surface area (Å²) in [5.74, 6) is 1.83. The largest absolute Gasteiger partial charge is 0.508 e. The number of hydrogen-bond acceptors (Lipinski definition) is 5. The zero-order chi connectivity index (χ0) is 16.6. The second kappa shape index (κ2) is 6.02. The molecule has 124 valence electrons. The van der Waals surface area contributed by atoms with Crippen LogP contribution in [-0.2, 0) is 0 Å². The Hall–Kier alpha value is -2.21. The SMILES string of the molecule is O=C(c1cccc(O)c1)N1CC2(C[C@H](Oc3cccnc3)CS2)C1. The van der Waals surface area contributed by atoms with Crippen molar-refractivity contribution in [1.29, 1.82) is 0 Å². The zero-order valence-electron chi connectivity index (χ0n) is 13.1. The number of carbonyl (C=O) groups excluding carboxylic acids is 1. The van der Waals surface area contributed by atoms with Gasteiger partial charge in [0.15, 0.2) is 0 Å². The summed E-state index contributed by atoms with van der Waals surface area (Å²) in [5.41, 5.74) is 0.538. The molecular formula is C18H18N2O3S. The van der Waals surface area contributed by atoms with Crippen molar-refractivity contribution in [1.82, 2.24) is 9.88 Å². The van der Waals surface area contributed by atoms with Crippen molar-refractivity contribution in [2.45, 2.75) is 17.3 Å². The van der Waals surface area contributed by atoms with Crippen LogP contribution in [0.3, 0.4) is 0 Å². The number of rotatable bonds is 3. The van der Waals surface area contributed by atoms with Crippen LogP contribution in [0.4, 0.5) is 0 Å². The van der Waals surface area contributed by atoms with E-state index in [1.165, 1.54) is 6.07 Å². The Morgan fingerprint density at radius 1 is 1.33 bits per heavy atom. The molecule has 6 heteroatoms. The fourth-order valence-corrected chi connectivity index (χ4v) is 4.85. The number of aromatic nitrogens is 1. The zero-order valence-corrected chi connectivity index (χ0v) is 13.9. The summed E-state index contributed by atoms with van der Waals surface area (Å²) in [5, 5.41) is 9.52. The van der Waals surface area contributed by atoms with Gasteiger partial charge in [-0.15, -0.1) is 11.8 Å². The minimum absolute atomic E-state index is 0.0197. The molecule has 24 heavy (non-hydrogen) atoms. The maximum absolute atomic E-state index is 12.5. The van der Waals surface area contributed by atoms with Crippen molar-refractivity contribution in [3.63, 3.8) is 0 Å². The van der Waals surface area contributed by atoms with Crippen molar-refractivity contribution in [3.8, 4) is 11.5 Å². The van der Waals surface area contributed by atoms with E-state index in [1.54, 1.807) is 30.6 Å². The summed E-state index contributed by atoms with van der Waals surface area (Å²) in [6.07, 6.45) is 4.57. The fourth-order valence-electron chi connectivity index (χ4n) is 3.32. The van der Waals surface area contributed by atoms with E-state index in [9.17, 15) is 9.90 Å². The van der Waals surface area contributed by atoms with Crippen molar-refractivity contribution in [2.24, 2.45) is 0 Å². The highest BCUT2D eigenvalue weighted by atomic mass is 32.2. The number of pyridine rings is 1. The average molecular weight is 342 g/mol. The van der Waals surface area contributed by atoms with E-state index >= 15 is 0 Å². The number of nitrogens with zero attached hydrogens (tertiary/aromatic N) is 2. The van der Waals surface area contributed by atoms with Crippen molar-refractivity contribution < 1.29 is 14.6 Å². The van der Waals surface area contributed by atoms with Crippen LogP contribution >= 0.6 is 11.8 Å². The molecule has 3 heterocycles. The first kappa shape index (κ1) is 15.3. The van der Waals surface area contributed by atoms with Crippen LogP contribution in [0.5, 0.6) is 11.5 Å². The molecule has 2 aliphatic rings. The lowest BCUT2D eigenvalue weighted by Crippen LogP contribution is -2.60. The predicted molar refractivity (Wildman–Crippen MR) is 92.5 cm³/mol. The Balaban J connectivity index is 1.34. The number of carbonyl (C=O) groups is 1.